The van der Waals surface area contributed by atoms with Crippen LogP contribution in [0, 0.1) is 0 Å². The molecule has 0 bridgehead atoms. The molecule has 0 amide bonds. The zero-order valence-electron chi connectivity index (χ0n) is 17.1. The van der Waals surface area contributed by atoms with Crippen molar-refractivity contribution in [2.24, 2.45) is 0 Å². The third-order valence-electron chi connectivity index (χ3n) is 6.50. The van der Waals surface area contributed by atoms with Gasteiger partial charge in [0, 0.05) is 34.3 Å². The van der Waals surface area contributed by atoms with Crippen LogP contribution in [-0.4, -0.2) is 9.55 Å². The maximum atomic E-state index is 4.83. The summed E-state index contributed by atoms with van der Waals surface area (Å²) in [5.74, 6) is 0.945. The van der Waals surface area contributed by atoms with Crippen LogP contribution in [0.15, 0.2) is 97.3 Å². The van der Waals surface area contributed by atoms with Crippen LogP contribution in [0.5, 0.6) is 0 Å². The van der Waals surface area contributed by atoms with Crippen LogP contribution in [0.4, 0.5) is 0 Å². The highest BCUT2D eigenvalue weighted by molar-refractivity contribution is 6.01. The SMILES string of the molecule is CC1(C)c2ccccc2-c2c1ccc1ccn(-c3ccc(-c4ccccc4)cn3)c21. The van der Waals surface area contributed by atoms with Crippen molar-refractivity contribution >= 4 is 10.9 Å². The van der Waals surface area contributed by atoms with Crippen LogP contribution in [-0.2, 0) is 5.41 Å². The first-order valence-electron chi connectivity index (χ1n) is 10.4. The van der Waals surface area contributed by atoms with E-state index in [2.05, 4.69) is 103 Å². The predicted octanol–water partition coefficient (Wildman–Crippen LogP) is 7.00. The van der Waals surface area contributed by atoms with Crippen LogP contribution < -0.4 is 0 Å². The minimum Gasteiger partial charge on any atom is -0.301 e. The van der Waals surface area contributed by atoms with Gasteiger partial charge in [-0.15, -0.1) is 0 Å². The van der Waals surface area contributed by atoms with Gasteiger partial charge in [-0.3, -0.25) is 0 Å². The van der Waals surface area contributed by atoms with Gasteiger partial charge in [0.1, 0.15) is 5.82 Å². The smallest absolute Gasteiger partial charge is 0.137 e. The van der Waals surface area contributed by atoms with Crippen molar-refractivity contribution in [1.29, 1.82) is 0 Å². The lowest BCUT2D eigenvalue weighted by atomic mass is 9.82. The van der Waals surface area contributed by atoms with Gasteiger partial charge in [-0.05, 0) is 40.5 Å². The Kier molecular flexibility index (Phi) is 3.54. The second-order valence-electron chi connectivity index (χ2n) is 8.55. The van der Waals surface area contributed by atoms with Crippen molar-refractivity contribution in [3.05, 3.63) is 108 Å². The number of aromatic nitrogens is 2. The molecule has 2 aromatic heterocycles. The molecule has 0 unspecified atom stereocenters. The van der Waals surface area contributed by atoms with E-state index in [1.807, 2.05) is 12.3 Å². The lowest BCUT2D eigenvalue weighted by Gasteiger charge is -2.21. The van der Waals surface area contributed by atoms with Gasteiger partial charge < -0.3 is 4.57 Å². The molecule has 0 atom stereocenters. The molecule has 1 aliphatic carbocycles. The van der Waals surface area contributed by atoms with Crippen LogP contribution in [0.25, 0.3) is 39.0 Å². The molecule has 2 heterocycles. The van der Waals surface area contributed by atoms with E-state index >= 15 is 0 Å². The fraction of sp³-hybridized carbons (Fsp3) is 0.107. The highest BCUT2D eigenvalue weighted by Crippen LogP contribution is 2.51. The third-order valence-corrected chi connectivity index (χ3v) is 6.50. The normalized spacial score (nSPS) is 13.9. The Morgan fingerprint density at radius 2 is 1.50 bits per heavy atom. The second-order valence-corrected chi connectivity index (χ2v) is 8.55. The Balaban J connectivity index is 1.56. The molecule has 0 fully saturated rings. The minimum absolute atomic E-state index is 0.000187. The van der Waals surface area contributed by atoms with Crippen molar-refractivity contribution in [3.8, 4) is 28.1 Å². The molecule has 0 spiro atoms. The zero-order chi connectivity index (χ0) is 20.3. The van der Waals surface area contributed by atoms with Crippen molar-refractivity contribution in [2.75, 3.05) is 0 Å². The average molecular weight is 386 g/mol. The number of rotatable bonds is 2. The summed E-state index contributed by atoms with van der Waals surface area (Å²) in [6.07, 6.45) is 4.11. The van der Waals surface area contributed by atoms with E-state index in [0.717, 1.165) is 11.4 Å². The molecule has 0 aliphatic heterocycles. The molecule has 1 aliphatic rings. The minimum atomic E-state index is -0.000187. The number of nitrogens with zero attached hydrogens (tertiary/aromatic N) is 2. The largest absolute Gasteiger partial charge is 0.301 e. The summed E-state index contributed by atoms with van der Waals surface area (Å²) < 4.78 is 2.24. The Hall–Kier alpha value is -3.65. The van der Waals surface area contributed by atoms with E-state index in [0.29, 0.717) is 0 Å². The number of fused-ring (bicyclic) bond motifs is 5. The van der Waals surface area contributed by atoms with Crippen LogP contribution >= 0.6 is 0 Å². The van der Waals surface area contributed by atoms with E-state index in [1.54, 1.807) is 0 Å². The maximum Gasteiger partial charge on any atom is 0.137 e. The van der Waals surface area contributed by atoms with Crippen molar-refractivity contribution in [1.82, 2.24) is 9.55 Å². The second kappa shape index (κ2) is 6.17. The topological polar surface area (TPSA) is 17.8 Å². The van der Waals surface area contributed by atoms with Gasteiger partial charge in [0.15, 0.2) is 0 Å². The molecule has 144 valence electrons. The van der Waals surface area contributed by atoms with Crippen molar-refractivity contribution < 1.29 is 0 Å². The number of hydrogen-bond acceptors (Lipinski definition) is 1. The molecule has 0 radical (unpaired) electrons. The first-order valence-corrected chi connectivity index (χ1v) is 10.4. The van der Waals surface area contributed by atoms with Crippen LogP contribution in [0.3, 0.4) is 0 Å². The molecule has 0 N–H and O–H groups in total. The Labute approximate surface area is 176 Å². The average Bonchev–Trinajstić information content (AvgIpc) is 3.32. The number of benzene rings is 3. The summed E-state index contributed by atoms with van der Waals surface area (Å²) in [7, 11) is 0. The van der Waals surface area contributed by atoms with Gasteiger partial charge in [0.2, 0.25) is 0 Å². The van der Waals surface area contributed by atoms with Crippen LogP contribution in [0.1, 0.15) is 25.0 Å². The standard InChI is InChI=1S/C28H22N2/c1-28(2)23-11-7-6-10-22(23)26-24(28)14-12-20-16-17-30(27(20)26)25-15-13-21(18-29-25)19-8-4-3-5-9-19/h3-18H,1-2H3. The molecule has 0 saturated carbocycles. The zero-order valence-corrected chi connectivity index (χ0v) is 17.1. The van der Waals surface area contributed by atoms with E-state index < -0.39 is 0 Å². The molecular weight excluding hydrogens is 364 g/mol. The van der Waals surface area contributed by atoms with E-state index in [9.17, 15) is 0 Å². The third kappa shape index (κ3) is 2.34. The lowest BCUT2D eigenvalue weighted by molar-refractivity contribution is 0.661. The molecule has 2 nitrogen and oxygen atoms in total. The Morgan fingerprint density at radius 1 is 0.700 bits per heavy atom. The highest BCUT2D eigenvalue weighted by atomic mass is 15.0. The molecule has 30 heavy (non-hydrogen) atoms. The summed E-state index contributed by atoms with van der Waals surface area (Å²) in [5, 5.41) is 1.25. The van der Waals surface area contributed by atoms with Gasteiger partial charge >= 0.3 is 0 Å². The van der Waals surface area contributed by atoms with Gasteiger partial charge in [-0.25, -0.2) is 4.98 Å². The molecule has 5 aromatic rings. The first kappa shape index (κ1) is 17.2. The molecule has 0 saturated heterocycles. The Morgan fingerprint density at radius 3 is 2.30 bits per heavy atom. The summed E-state index contributed by atoms with van der Waals surface area (Å²) in [6.45, 7) is 4.65. The summed E-state index contributed by atoms with van der Waals surface area (Å²) >= 11 is 0. The van der Waals surface area contributed by atoms with Gasteiger partial charge in [-0.1, -0.05) is 80.6 Å². The van der Waals surface area contributed by atoms with Gasteiger partial charge in [0.25, 0.3) is 0 Å². The first-order chi connectivity index (χ1) is 14.6. The summed E-state index contributed by atoms with van der Waals surface area (Å²) in [5.41, 5.74) is 9.02. The maximum absolute atomic E-state index is 4.83. The summed E-state index contributed by atoms with van der Waals surface area (Å²) in [4.78, 5) is 4.83. The van der Waals surface area contributed by atoms with Gasteiger partial charge in [0.05, 0.1) is 5.52 Å². The summed E-state index contributed by atoms with van der Waals surface area (Å²) in [6, 6.07) is 30.2. The molecule has 2 heteroatoms. The fourth-order valence-corrected chi connectivity index (χ4v) is 4.94. The molecule has 3 aromatic carbocycles. The van der Waals surface area contributed by atoms with Crippen LogP contribution in [0.2, 0.25) is 0 Å². The van der Waals surface area contributed by atoms with E-state index in [-0.39, 0.29) is 5.41 Å². The molecule has 6 rings (SSSR count). The number of hydrogen-bond donors (Lipinski definition) is 0. The van der Waals surface area contributed by atoms with E-state index in [1.165, 1.54) is 38.7 Å². The quantitative estimate of drug-likeness (QED) is 0.319. The van der Waals surface area contributed by atoms with Crippen molar-refractivity contribution in [3.63, 3.8) is 0 Å². The fourth-order valence-electron chi connectivity index (χ4n) is 4.94. The molecular formula is C28H22N2. The lowest BCUT2D eigenvalue weighted by Crippen LogP contribution is -2.14. The Bertz CT molecular complexity index is 1390. The van der Waals surface area contributed by atoms with Crippen molar-refractivity contribution in [2.45, 2.75) is 19.3 Å². The number of pyridine rings is 1. The van der Waals surface area contributed by atoms with E-state index in [4.69, 9.17) is 4.98 Å². The van der Waals surface area contributed by atoms with Gasteiger partial charge in [-0.2, -0.15) is 0 Å². The monoisotopic (exact) mass is 386 g/mol. The highest BCUT2D eigenvalue weighted by Gasteiger charge is 2.36. The predicted molar refractivity (Wildman–Crippen MR) is 124 cm³/mol.